The van der Waals surface area contributed by atoms with E-state index in [2.05, 4.69) is 18.7 Å². The molecule has 1 aromatic heterocycles. The minimum atomic E-state index is -1.04. The van der Waals surface area contributed by atoms with Crippen molar-refractivity contribution in [1.82, 2.24) is 14.0 Å². The van der Waals surface area contributed by atoms with Gasteiger partial charge in [-0.05, 0) is 50.9 Å². The number of piperidine rings is 1. The first-order chi connectivity index (χ1) is 15.2. The topological polar surface area (TPSA) is 56.5 Å². The van der Waals surface area contributed by atoms with Crippen LogP contribution in [-0.2, 0) is 16.1 Å². The largest absolute Gasteiger partial charge is 0.465 e. The lowest BCUT2D eigenvalue weighted by molar-refractivity contribution is -0.143. The van der Waals surface area contributed by atoms with Gasteiger partial charge in [0, 0.05) is 37.3 Å². The number of nitrogens with zero attached hydrogens (tertiary/aromatic N) is 3. The van der Waals surface area contributed by atoms with Crippen LogP contribution in [0, 0.1) is 17.0 Å². The molecule has 1 saturated carbocycles. The molecule has 0 bridgehead atoms. The summed E-state index contributed by atoms with van der Waals surface area (Å²) in [5.74, 6) is -2.61. The lowest BCUT2D eigenvalue weighted by Gasteiger charge is -2.43. The summed E-state index contributed by atoms with van der Waals surface area (Å²) >= 11 is 0. The molecule has 0 atom stereocenters. The number of fused-ring (bicyclic) bond motifs is 1. The van der Waals surface area contributed by atoms with E-state index in [4.69, 9.17) is 4.74 Å². The zero-order valence-corrected chi connectivity index (χ0v) is 19.2. The van der Waals surface area contributed by atoms with Gasteiger partial charge in [-0.1, -0.05) is 13.8 Å². The summed E-state index contributed by atoms with van der Waals surface area (Å²) in [5, 5.41) is 0. The van der Waals surface area contributed by atoms with Crippen LogP contribution in [0.15, 0.2) is 16.9 Å². The number of carbonyl (C=O) groups excluding carboxylic acids is 1. The third-order valence-electron chi connectivity index (χ3n) is 7.29. The van der Waals surface area contributed by atoms with Crippen LogP contribution in [0.3, 0.4) is 0 Å². The molecule has 176 valence electrons. The Morgan fingerprint density at radius 3 is 2.22 bits per heavy atom. The van der Waals surface area contributed by atoms with Gasteiger partial charge in [-0.3, -0.25) is 13.9 Å². The Balaban J connectivity index is 1.58. The van der Waals surface area contributed by atoms with Crippen LogP contribution in [0.25, 0.3) is 11.0 Å². The van der Waals surface area contributed by atoms with Crippen LogP contribution in [0.5, 0.6) is 0 Å². The van der Waals surface area contributed by atoms with Crippen molar-refractivity contribution < 1.29 is 18.3 Å². The highest BCUT2D eigenvalue weighted by molar-refractivity contribution is 5.79. The minimum Gasteiger partial charge on any atom is -0.465 e. The van der Waals surface area contributed by atoms with Crippen molar-refractivity contribution in [2.24, 2.45) is 5.41 Å². The van der Waals surface area contributed by atoms with Crippen LogP contribution in [-0.4, -0.2) is 45.7 Å². The fourth-order valence-corrected chi connectivity index (χ4v) is 5.37. The average molecular weight is 450 g/mol. The number of likely N-dealkylation sites (tertiary alicyclic amines) is 1. The molecule has 0 N–H and O–H groups in total. The highest BCUT2D eigenvalue weighted by Crippen LogP contribution is 2.38. The molecule has 1 aliphatic carbocycles. The molecule has 0 spiro atoms. The Labute approximate surface area is 187 Å². The van der Waals surface area contributed by atoms with Gasteiger partial charge < -0.3 is 9.64 Å². The van der Waals surface area contributed by atoms with Crippen molar-refractivity contribution in [2.45, 2.75) is 77.9 Å². The molecule has 6 nitrogen and oxygen atoms in total. The quantitative estimate of drug-likeness (QED) is 0.641. The molecular weight excluding hydrogens is 416 g/mol. The number of esters is 1. The molecule has 2 aliphatic rings. The number of benzene rings is 1. The summed E-state index contributed by atoms with van der Waals surface area (Å²) in [6, 6.07) is 2.54. The van der Waals surface area contributed by atoms with Crippen LogP contribution in [0.1, 0.15) is 65.3 Å². The van der Waals surface area contributed by atoms with Gasteiger partial charge in [0.2, 0.25) is 0 Å². The van der Waals surface area contributed by atoms with E-state index in [0.717, 1.165) is 38.1 Å². The first-order valence-electron chi connectivity index (χ1n) is 11.7. The maximum atomic E-state index is 14.1. The molecule has 8 heteroatoms. The number of rotatable bonds is 5. The molecule has 1 saturated heterocycles. The molecule has 32 heavy (non-hydrogen) atoms. The minimum absolute atomic E-state index is 0.116. The second-order valence-electron chi connectivity index (χ2n) is 9.96. The molecular formula is C24H33F2N3O3. The summed E-state index contributed by atoms with van der Waals surface area (Å²) in [6.07, 6.45) is 6.36. The van der Waals surface area contributed by atoms with Gasteiger partial charge in [-0.15, -0.1) is 0 Å². The van der Waals surface area contributed by atoms with Crippen molar-refractivity contribution in [1.29, 1.82) is 0 Å². The second kappa shape index (κ2) is 8.96. The number of hydrogen-bond donors (Lipinski definition) is 0. The molecule has 1 aliphatic heterocycles. The van der Waals surface area contributed by atoms with E-state index in [1.165, 1.54) is 30.3 Å². The van der Waals surface area contributed by atoms with Gasteiger partial charge in [0.1, 0.15) is 6.54 Å². The molecule has 1 aromatic carbocycles. The Morgan fingerprint density at radius 2 is 1.62 bits per heavy atom. The fourth-order valence-electron chi connectivity index (χ4n) is 5.37. The van der Waals surface area contributed by atoms with E-state index in [9.17, 15) is 18.4 Å². The zero-order chi connectivity index (χ0) is 23.0. The predicted molar refractivity (Wildman–Crippen MR) is 119 cm³/mol. The molecule has 0 amide bonds. The van der Waals surface area contributed by atoms with Crippen molar-refractivity contribution in [3.05, 3.63) is 34.3 Å². The predicted octanol–water partition coefficient (Wildman–Crippen LogP) is 4.25. The first kappa shape index (κ1) is 23.0. The summed E-state index contributed by atoms with van der Waals surface area (Å²) in [6.45, 7) is 7.95. The monoisotopic (exact) mass is 449 g/mol. The smallest absolute Gasteiger partial charge is 0.329 e. The van der Waals surface area contributed by atoms with E-state index in [-0.39, 0.29) is 24.7 Å². The third kappa shape index (κ3) is 4.47. The van der Waals surface area contributed by atoms with E-state index >= 15 is 0 Å². The average Bonchev–Trinajstić information content (AvgIpc) is 2.99. The maximum Gasteiger partial charge on any atom is 0.329 e. The molecule has 2 fully saturated rings. The summed E-state index contributed by atoms with van der Waals surface area (Å²) in [7, 11) is 0. The fraction of sp³-hybridized carbons (Fsp3) is 0.667. The van der Waals surface area contributed by atoms with Crippen LogP contribution in [0.4, 0.5) is 8.78 Å². The lowest BCUT2D eigenvalue weighted by atomic mass is 9.75. The lowest BCUT2D eigenvalue weighted by Crippen LogP contribution is -2.45. The number of carbonyl (C=O) groups is 1. The van der Waals surface area contributed by atoms with Crippen LogP contribution < -0.4 is 5.69 Å². The van der Waals surface area contributed by atoms with Gasteiger partial charge in [0.25, 0.3) is 0 Å². The Morgan fingerprint density at radius 1 is 1.03 bits per heavy atom. The number of imidazole rings is 1. The molecule has 2 heterocycles. The summed E-state index contributed by atoms with van der Waals surface area (Å²) in [5.41, 5.74) is 0.549. The standard InChI is InChI=1S/C24H33F2N3O3/c1-4-32-22(30)15-28-20-13-18(25)19(26)14-21(20)29(23(28)31)17-7-11-27(12-8-17)16-5-9-24(2,3)10-6-16/h13-14,16-17H,4-12,15H2,1-3H3. The number of aromatic nitrogens is 2. The van der Waals surface area contributed by atoms with E-state index in [1.807, 2.05) is 0 Å². The van der Waals surface area contributed by atoms with Crippen LogP contribution in [0.2, 0.25) is 0 Å². The van der Waals surface area contributed by atoms with Crippen molar-refractivity contribution in [2.75, 3.05) is 19.7 Å². The SMILES string of the molecule is CCOC(=O)Cn1c(=O)n(C2CCN(C3CCC(C)(C)CC3)CC2)c2cc(F)c(F)cc21. The van der Waals surface area contributed by atoms with E-state index in [0.29, 0.717) is 17.0 Å². The number of ether oxygens (including phenoxy) is 1. The molecule has 2 aromatic rings. The molecule has 4 rings (SSSR count). The normalized spacial score (nSPS) is 20.7. The molecule has 0 radical (unpaired) electrons. The second-order valence-corrected chi connectivity index (χ2v) is 9.96. The Hall–Kier alpha value is -2.22. The molecule has 0 unspecified atom stereocenters. The van der Waals surface area contributed by atoms with Gasteiger partial charge in [0.05, 0.1) is 17.6 Å². The van der Waals surface area contributed by atoms with Gasteiger partial charge >= 0.3 is 11.7 Å². The van der Waals surface area contributed by atoms with E-state index < -0.39 is 23.3 Å². The van der Waals surface area contributed by atoms with E-state index in [1.54, 1.807) is 11.5 Å². The van der Waals surface area contributed by atoms with Crippen molar-refractivity contribution in [3.8, 4) is 0 Å². The van der Waals surface area contributed by atoms with Crippen LogP contribution >= 0.6 is 0 Å². The number of halogens is 2. The van der Waals surface area contributed by atoms with Gasteiger partial charge in [0.15, 0.2) is 11.6 Å². The Kier molecular flexibility index (Phi) is 6.43. The number of hydrogen-bond acceptors (Lipinski definition) is 4. The highest BCUT2D eigenvalue weighted by Gasteiger charge is 2.33. The maximum absolute atomic E-state index is 14.1. The third-order valence-corrected chi connectivity index (χ3v) is 7.29. The van der Waals surface area contributed by atoms with Crippen molar-refractivity contribution >= 4 is 17.0 Å². The Bertz CT molecular complexity index is 1040. The van der Waals surface area contributed by atoms with Crippen molar-refractivity contribution in [3.63, 3.8) is 0 Å². The first-order valence-corrected chi connectivity index (χ1v) is 11.7. The zero-order valence-electron chi connectivity index (χ0n) is 19.2. The summed E-state index contributed by atoms with van der Waals surface area (Å²) in [4.78, 5) is 27.8. The van der Waals surface area contributed by atoms with Gasteiger partial charge in [-0.2, -0.15) is 0 Å². The summed E-state index contributed by atoms with van der Waals surface area (Å²) < 4.78 is 35.8. The highest BCUT2D eigenvalue weighted by atomic mass is 19.2. The van der Waals surface area contributed by atoms with Gasteiger partial charge in [-0.25, -0.2) is 13.6 Å².